The van der Waals surface area contributed by atoms with Crippen molar-refractivity contribution in [3.63, 3.8) is 0 Å². The maximum atomic E-state index is 10.2. The normalized spacial score (nSPS) is 10.3. The van der Waals surface area contributed by atoms with E-state index < -0.39 is 11.6 Å². The molecule has 0 atom stereocenters. The van der Waals surface area contributed by atoms with Crippen LogP contribution in [0.4, 0.5) is 0 Å². The summed E-state index contributed by atoms with van der Waals surface area (Å²) in [6.45, 7) is 34.3. The van der Waals surface area contributed by atoms with Crippen molar-refractivity contribution >= 4 is 42.4 Å². The van der Waals surface area contributed by atoms with Crippen LogP contribution in [0.15, 0.2) is 73.4 Å². The Bertz CT molecular complexity index is 942. The Morgan fingerprint density at radius 3 is 1.83 bits per heavy atom. The van der Waals surface area contributed by atoms with Gasteiger partial charge in [-0.15, -0.1) is 6.58 Å². The summed E-state index contributed by atoms with van der Waals surface area (Å²) in [5.74, 6) is -0.707. The summed E-state index contributed by atoms with van der Waals surface area (Å²) >= 11 is 9.14. The van der Waals surface area contributed by atoms with Gasteiger partial charge < -0.3 is 10.2 Å². The van der Waals surface area contributed by atoms with E-state index in [0.29, 0.717) is 0 Å². The van der Waals surface area contributed by atoms with Crippen LogP contribution in [-0.2, 0) is 11.2 Å². The number of carboxylic acid groups (broad SMARTS) is 1. The number of aliphatic carboxylic acids is 1. The van der Waals surface area contributed by atoms with Gasteiger partial charge in [-0.3, -0.25) is 9.78 Å². The molecule has 1 rings (SSSR count). The molecule has 0 bridgehead atoms. The Hall–Kier alpha value is -2.34. The molecule has 1 aromatic rings. The molecule has 0 amide bonds. The van der Waals surface area contributed by atoms with Gasteiger partial charge in [0.1, 0.15) is 0 Å². The van der Waals surface area contributed by atoms with E-state index in [2.05, 4.69) is 62.5 Å². The average molecular weight is 683 g/mol. The lowest BCUT2D eigenvalue weighted by molar-refractivity contribution is -0.139. The van der Waals surface area contributed by atoms with Gasteiger partial charge in [0.2, 0.25) is 0 Å². The number of thiol groups is 1. The van der Waals surface area contributed by atoms with E-state index in [-0.39, 0.29) is 11.8 Å². The van der Waals surface area contributed by atoms with Crippen molar-refractivity contribution in [2.75, 3.05) is 6.26 Å². The largest absolute Gasteiger partial charge is 0.481 e. The van der Waals surface area contributed by atoms with E-state index in [1.807, 2.05) is 74.5 Å². The lowest BCUT2D eigenvalue weighted by Gasteiger charge is -2.19. The van der Waals surface area contributed by atoms with Gasteiger partial charge in [-0.05, 0) is 87.8 Å². The summed E-state index contributed by atoms with van der Waals surface area (Å²) in [6.07, 6.45) is 21.4. The molecular formula is C40H72ClNO3S. The zero-order valence-corrected chi connectivity index (χ0v) is 33.6. The third-order valence-electron chi connectivity index (χ3n) is 5.73. The van der Waals surface area contributed by atoms with E-state index >= 15 is 0 Å². The van der Waals surface area contributed by atoms with Gasteiger partial charge in [0, 0.05) is 11.2 Å². The Kier molecular flexibility index (Phi) is 49.5. The van der Waals surface area contributed by atoms with Gasteiger partial charge in [0.15, 0.2) is 0 Å². The molecule has 0 saturated carbocycles. The van der Waals surface area contributed by atoms with Crippen LogP contribution in [0.3, 0.4) is 0 Å². The Morgan fingerprint density at radius 1 is 1.00 bits per heavy atom. The number of allylic oxidation sites excluding steroid dienone is 5. The van der Waals surface area contributed by atoms with Crippen molar-refractivity contribution < 1.29 is 15.0 Å². The second-order valence-electron chi connectivity index (χ2n) is 10.4. The SMILES string of the molecule is C=C/C=C(\CC)C(C)(C)O.C=CC.C=Cc1ccc(CCC/C=C/CC)nc1/C=C/Cl.CC.CC.CCC(C)(C)CC(=O)O.CS. The Labute approximate surface area is 297 Å². The van der Waals surface area contributed by atoms with Gasteiger partial charge >= 0.3 is 5.97 Å². The smallest absolute Gasteiger partial charge is 0.303 e. The highest BCUT2D eigenvalue weighted by Crippen LogP contribution is 2.23. The fraction of sp³-hybridized carbons (Fsp3) is 0.550. The predicted octanol–water partition coefficient (Wildman–Crippen LogP) is 13.2. The first-order valence-corrected chi connectivity index (χ1v) is 17.9. The lowest BCUT2D eigenvalue weighted by Crippen LogP contribution is -2.21. The number of halogens is 1. The van der Waals surface area contributed by atoms with E-state index in [0.717, 1.165) is 61.0 Å². The molecular weight excluding hydrogens is 610 g/mol. The first-order valence-electron chi connectivity index (χ1n) is 16.5. The molecule has 6 heteroatoms. The first kappa shape index (κ1) is 56.0. The molecule has 1 heterocycles. The van der Waals surface area contributed by atoms with Gasteiger partial charge in [0.25, 0.3) is 0 Å². The molecule has 0 aliphatic rings. The Balaban J connectivity index is -0.000000122. The number of aliphatic hydroxyl groups is 1. The number of carboxylic acids is 1. The third-order valence-corrected chi connectivity index (χ3v) is 5.86. The highest BCUT2D eigenvalue weighted by Gasteiger charge is 2.18. The number of aryl methyl sites for hydroxylation is 1. The fourth-order valence-electron chi connectivity index (χ4n) is 3.15. The fourth-order valence-corrected chi connectivity index (χ4v) is 3.27. The number of pyridine rings is 1. The van der Waals surface area contributed by atoms with Crippen molar-refractivity contribution in [3.05, 3.63) is 90.3 Å². The van der Waals surface area contributed by atoms with Crippen molar-refractivity contribution in [1.82, 2.24) is 4.98 Å². The average Bonchev–Trinajstić information content (AvgIpc) is 3.03. The molecule has 1 aromatic heterocycles. The van der Waals surface area contributed by atoms with E-state index in [9.17, 15) is 9.90 Å². The third kappa shape index (κ3) is 39.7. The number of rotatable bonds is 13. The van der Waals surface area contributed by atoms with Crippen molar-refractivity contribution in [2.24, 2.45) is 5.41 Å². The highest BCUT2D eigenvalue weighted by atomic mass is 35.5. The standard InChI is InChI=1S/C16H20ClN.C9H16O.C7H14O2.C3H6.2C2H6.CH4S/c1-3-5-6-7-8-9-15-11-10-14(4-2)16(18-15)12-13-17;1-5-7-8(6-2)9(3,4)10;1-4-7(2,3)5-6(8)9;1-3-2;3*1-2/h4-6,10-13H,2-3,7-9H2,1H3;5,7,10H,1,6H2,2-4H3;4-5H2,1-3H3,(H,8,9);3H,1H2,2H3;2*1-2H3;2H,1H3/b6-5+,13-12+;8-7+;;;;;. The van der Waals surface area contributed by atoms with E-state index in [1.54, 1.807) is 44.4 Å². The van der Waals surface area contributed by atoms with Gasteiger partial charge in [-0.2, -0.15) is 12.6 Å². The second kappa shape index (κ2) is 40.7. The number of hydrogen-bond acceptors (Lipinski definition) is 4. The molecule has 0 aliphatic carbocycles. The minimum Gasteiger partial charge on any atom is -0.481 e. The van der Waals surface area contributed by atoms with E-state index in [1.165, 1.54) is 5.54 Å². The first-order chi connectivity index (χ1) is 21.7. The van der Waals surface area contributed by atoms with Crippen LogP contribution in [0, 0.1) is 5.41 Å². The van der Waals surface area contributed by atoms with Gasteiger partial charge in [-0.1, -0.05) is 136 Å². The van der Waals surface area contributed by atoms with Crippen LogP contribution in [0.25, 0.3) is 12.2 Å². The van der Waals surface area contributed by atoms with Crippen LogP contribution < -0.4 is 0 Å². The minimum atomic E-state index is -0.707. The number of hydrogen-bond donors (Lipinski definition) is 3. The molecule has 0 unspecified atom stereocenters. The maximum absolute atomic E-state index is 10.2. The zero-order valence-electron chi connectivity index (χ0n) is 31.9. The monoisotopic (exact) mass is 681 g/mol. The summed E-state index contributed by atoms with van der Waals surface area (Å²) in [5, 5.41) is 17.9. The van der Waals surface area contributed by atoms with Crippen molar-refractivity contribution in [2.45, 2.75) is 134 Å². The number of carbonyl (C=O) groups is 1. The number of nitrogens with zero attached hydrogens (tertiary/aromatic N) is 1. The molecule has 46 heavy (non-hydrogen) atoms. The summed E-state index contributed by atoms with van der Waals surface area (Å²) in [6, 6.07) is 4.11. The van der Waals surface area contributed by atoms with Crippen molar-refractivity contribution in [1.29, 1.82) is 0 Å². The summed E-state index contributed by atoms with van der Waals surface area (Å²) in [7, 11) is 0. The Morgan fingerprint density at radius 2 is 1.52 bits per heavy atom. The maximum Gasteiger partial charge on any atom is 0.303 e. The lowest BCUT2D eigenvalue weighted by atomic mass is 9.87. The molecule has 0 fully saturated rings. The molecule has 268 valence electrons. The summed E-state index contributed by atoms with van der Waals surface area (Å²) < 4.78 is 0. The van der Waals surface area contributed by atoms with E-state index in [4.69, 9.17) is 16.7 Å². The van der Waals surface area contributed by atoms with Crippen LogP contribution in [-0.4, -0.2) is 33.0 Å². The molecule has 0 spiro atoms. The highest BCUT2D eigenvalue weighted by molar-refractivity contribution is 7.79. The van der Waals surface area contributed by atoms with Gasteiger partial charge in [0.05, 0.1) is 17.7 Å². The molecule has 0 radical (unpaired) electrons. The van der Waals surface area contributed by atoms with Crippen molar-refractivity contribution in [3.8, 4) is 0 Å². The second-order valence-corrected chi connectivity index (χ2v) is 10.6. The minimum absolute atomic E-state index is 0.0359. The number of aromatic nitrogens is 1. The molecule has 4 nitrogen and oxygen atoms in total. The molecule has 0 aromatic carbocycles. The molecule has 2 N–H and O–H groups in total. The van der Waals surface area contributed by atoms with Crippen LogP contribution in [0.1, 0.15) is 139 Å². The molecule has 0 saturated heterocycles. The summed E-state index contributed by atoms with van der Waals surface area (Å²) in [5.41, 5.74) is 4.79. The predicted molar refractivity (Wildman–Crippen MR) is 216 cm³/mol. The zero-order chi connectivity index (χ0) is 37.6. The summed E-state index contributed by atoms with van der Waals surface area (Å²) in [4.78, 5) is 14.8. The van der Waals surface area contributed by atoms with Crippen LogP contribution in [0.2, 0.25) is 0 Å². The topological polar surface area (TPSA) is 70.4 Å². The molecule has 0 aliphatic heterocycles. The van der Waals surface area contributed by atoms with Crippen LogP contribution in [0.5, 0.6) is 0 Å². The van der Waals surface area contributed by atoms with Gasteiger partial charge in [-0.25, -0.2) is 0 Å². The van der Waals surface area contributed by atoms with Crippen LogP contribution >= 0.6 is 24.2 Å². The quantitative estimate of drug-likeness (QED) is 0.0838. The number of unbranched alkanes of at least 4 members (excludes halogenated alkanes) is 1.